The van der Waals surface area contributed by atoms with Crippen LogP contribution >= 0.6 is 24.0 Å². The molecule has 1 aliphatic carbocycles. The van der Waals surface area contributed by atoms with Gasteiger partial charge >= 0.3 is 0 Å². The number of nitrogens with zero attached hydrogens (tertiary/aromatic N) is 2. The highest BCUT2D eigenvalue weighted by Gasteiger charge is 2.49. The van der Waals surface area contributed by atoms with Gasteiger partial charge in [-0.3, -0.25) is 4.99 Å². The van der Waals surface area contributed by atoms with Crippen LogP contribution in [0.3, 0.4) is 0 Å². The van der Waals surface area contributed by atoms with E-state index in [-0.39, 0.29) is 29.4 Å². The molecule has 2 unspecified atom stereocenters. The first-order valence-electron chi connectivity index (χ1n) is 7.75. The third-order valence-corrected chi connectivity index (χ3v) is 4.83. The van der Waals surface area contributed by atoms with Gasteiger partial charge < -0.3 is 15.0 Å². The van der Waals surface area contributed by atoms with Crippen LogP contribution in [0.4, 0.5) is 0 Å². The van der Waals surface area contributed by atoms with E-state index < -0.39 is 0 Å². The summed E-state index contributed by atoms with van der Waals surface area (Å²) in [6, 6.07) is 10.8. The molecule has 0 aromatic heterocycles. The van der Waals surface area contributed by atoms with Gasteiger partial charge in [0.2, 0.25) is 0 Å². The van der Waals surface area contributed by atoms with Crippen LogP contribution in [0.1, 0.15) is 25.8 Å². The number of rotatable bonds is 4. The number of hydrogen-bond donors (Lipinski definition) is 1. The lowest BCUT2D eigenvalue weighted by molar-refractivity contribution is -0.120. The van der Waals surface area contributed by atoms with Gasteiger partial charge in [-0.2, -0.15) is 0 Å². The number of halogens is 1. The molecule has 2 atom stereocenters. The lowest BCUT2D eigenvalue weighted by atomic mass is 9.64. The predicted molar refractivity (Wildman–Crippen MR) is 101 cm³/mol. The molecule has 1 N–H and O–H groups in total. The maximum atomic E-state index is 6.11. The van der Waals surface area contributed by atoms with Crippen molar-refractivity contribution in [1.29, 1.82) is 0 Å². The molecule has 0 amide bonds. The van der Waals surface area contributed by atoms with Crippen molar-refractivity contribution in [3.63, 3.8) is 0 Å². The largest absolute Gasteiger partial charge is 0.373 e. The van der Waals surface area contributed by atoms with Crippen LogP contribution in [0.25, 0.3) is 0 Å². The highest BCUT2D eigenvalue weighted by molar-refractivity contribution is 14.0. The van der Waals surface area contributed by atoms with E-state index in [9.17, 15) is 0 Å². The number of guanidine groups is 1. The number of aliphatic imine (C=N–C) groups is 1. The van der Waals surface area contributed by atoms with Crippen molar-refractivity contribution in [2.75, 3.05) is 20.1 Å². The summed E-state index contributed by atoms with van der Waals surface area (Å²) in [5.74, 6) is 1.04. The van der Waals surface area contributed by atoms with E-state index in [2.05, 4.69) is 60.4 Å². The number of ether oxygens (including phenoxy) is 1. The third kappa shape index (κ3) is 3.56. The standard InChI is InChI=1S/C17H25N3O.HI/c1-17(2)14(19-16-18-9-10-20(16)3)11-15(17)21-12-13-7-5-4-6-8-13;/h4-8,14-15H,9-12H2,1-3H3,(H,18,19);1H. The molecule has 1 aromatic rings. The summed E-state index contributed by atoms with van der Waals surface area (Å²) in [7, 11) is 2.09. The Morgan fingerprint density at radius 1 is 1.32 bits per heavy atom. The number of likely N-dealkylation sites (N-methyl/N-ethyl adjacent to an activating group) is 1. The molecular weight excluding hydrogens is 389 g/mol. The highest BCUT2D eigenvalue weighted by atomic mass is 127. The fraction of sp³-hybridized carbons (Fsp3) is 0.588. The van der Waals surface area contributed by atoms with Crippen LogP contribution < -0.4 is 5.32 Å². The molecule has 0 radical (unpaired) electrons. The van der Waals surface area contributed by atoms with Crippen molar-refractivity contribution in [2.45, 2.75) is 39.0 Å². The van der Waals surface area contributed by atoms with Crippen LogP contribution in [0.5, 0.6) is 0 Å². The van der Waals surface area contributed by atoms with Crippen LogP contribution in [-0.2, 0) is 11.3 Å². The minimum Gasteiger partial charge on any atom is -0.373 e. The van der Waals surface area contributed by atoms with Gasteiger partial charge in [-0.15, -0.1) is 24.0 Å². The Bertz CT molecular complexity index is 518. The summed E-state index contributed by atoms with van der Waals surface area (Å²) in [6.07, 6.45) is 1.36. The van der Waals surface area contributed by atoms with Crippen molar-refractivity contribution in [1.82, 2.24) is 10.2 Å². The second-order valence-corrected chi connectivity index (χ2v) is 6.67. The number of benzene rings is 1. The van der Waals surface area contributed by atoms with E-state index in [4.69, 9.17) is 4.74 Å². The Balaban J connectivity index is 0.00000176. The first kappa shape index (κ1) is 17.5. The second-order valence-electron chi connectivity index (χ2n) is 6.67. The van der Waals surface area contributed by atoms with Crippen molar-refractivity contribution >= 4 is 29.9 Å². The van der Waals surface area contributed by atoms with E-state index >= 15 is 0 Å². The molecule has 22 heavy (non-hydrogen) atoms. The summed E-state index contributed by atoms with van der Waals surface area (Å²) in [5.41, 5.74) is 1.38. The van der Waals surface area contributed by atoms with Crippen LogP contribution in [-0.4, -0.2) is 43.1 Å². The smallest absolute Gasteiger partial charge is 0.194 e. The maximum Gasteiger partial charge on any atom is 0.194 e. The molecule has 5 heteroatoms. The Morgan fingerprint density at radius 3 is 2.64 bits per heavy atom. The second kappa shape index (κ2) is 7.17. The zero-order valence-electron chi connectivity index (χ0n) is 13.6. The number of hydrogen-bond acceptors (Lipinski definition) is 4. The van der Waals surface area contributed by atoms with Crippen molar-refractivity contribution < 1.29 is 4.74 Å². The molecule has 1 saturated carbocycles. The highest BCUT2D eigenvalue weighted by Crippen LogP contribution is 2.43. The fourth-order valence-electron chi connectivity index (χ4n) is 3.03. The first-order chi connectivity index (χ1) is 10.1. The molecular formula is C17H26IN3O. The third-order valence-electron chi connectivity index (χ3n) is 4.83. The molecule has 4 nitrogen and oxygen atoms in total. The van der Waals surface area contributed by atoms with Gasteiger partial charge in [0.25, 0.3) is 0 Å². The van der Waals surface area contributed by atoms with Gasteiger partial charge in [-0.05, 0) is 12.0 Å². The summed E-state index contributed by atoms with van der Waals surface area (Å²) < 4.78 is 6.11. The van der Waals surface area contributed by atoms with Crippen molar-refractivity contribution in [3.05, 3.63) is 35.9 Å². The Hall–Kier alpha value is -0.820. The zero-order valence-corrected chi connectivity index (χ0v) is 15.9. The van der Waals surface area contributed by atoms with Gasteiger partial charge in [-0.1, -0.05) is 44.2 Å². The molecule has 122 valence electrons. The van der Waals surface area contributed by atoms with Gasteiger partial charge in [0.05, 0.1) is 19.3 Å². The summed E-state index contributed by atoms with van der Waals surface area (Å²) in [6.45, 7) is 7.17. The molecule has 1 heterocycles. The van der Waals surface area contributed by atoms with E-state index in [0.717, 1.165) is 25.5 Å². The van der Waals surface area contributed by atoms with E-state index in [0.29, 0.717) is 18.8 Å². The SMILES string of the molecule is CN1CCN=C1NC1CC(OCc2ccccc2)C1(C)C.I. The van der Waals surface area contributed by atoms with E-state index in [1.807, 2.05) is 6.07 Å². The van der Waals surface area contributed by atoms with E-state index in [1.54, 1.807) is 0 Å². The molecule has 1 fully saturated rings. The molecule has 0 bridgehead atoms. The van der Waals surface area contributed by atoms with Crippen LogP contribution in [0.2, 0.25) is 0 Å². The van der Waals surface area contributed by atoms with Gasteiger partial charge in [0, 0.05) is 25.0 Å². The average molecular weight is 415 g/mol. The summed E-state index contributed by atoms with van der Waals surface area (Å²) in [5, 5.41) is 3.58. The van der Waals surface area contributed by atoms with Gasteiger partial charge in [-0.25, -0.2) is 0 Å². The van der Waals surface area contributed by atoms with Crippen molar-refractivity contribution in [3.8, 4) is 0 Å². The number of nitrogens with one attached hydrogen (secondary N) is 1. The topological polar surface area (TPSA) is 36.9 Å². The normalized spacial score (nSPS) is 26.0. The van der Waals surface area contributed by atoms with E-state index in [1.165, 1.54) is 5.56 Å². The predicted octanol–water partition coefficient (Wildman–Crippen LogP) is 2.88. The van der Waals surface area contributed by atoms with Crippen molar-refractivity contribution in [2.24, 2.45) is 10.4 Å². The lowest BCUT2D eigenvalue weighted by Gasteiger charge is -2.52. The molecule has 1 aromatic carbocycles. The minimum atomic E-state index is 0. The monoisotopic (exact) mass is 415 g/mol. The maximum absolute atomic E-state index is 6.11. The van der Waals surface area contributed by atoms with Crippen LogP contribution in [0, 0.1) is 5.41 Å². The summed E-state index contributed by atoms with van der Waals surface area (Å²) in [4.78, 5) is 6.70. The average Bonchev–Trinajstić information content (AvgIpc) is 2.88. The Morgan fingerprint density at radius 2 is 2.05 bits per heavy atom. The molecule has 3 rings (SSSR count). The quantitative estimate of drug-likeness (QED) is 0.769. The molecule has 2 aliphatic rings. The lowest BCUT2D eigenvalue weighted by Crippen LogP contribution is -2.63. The summed E-state index contributed by atoms with van der Waals surface area (Å²) >= 11 is 0. The zero-order chi connectivity index (χ0) is 14.9. The first-order valence-corrected chi connectivity index (χ1v) is 7.75. The van der Waals surface area contributed by atoms with Gasteiger partial charge in [0.1, 0.15) is 0 Å². The Kier molecular flexibility index (Phi) is 5.71. The van der Waals surface area contributed by atoms with Crippen LogP contribution in [0.15, 0.2) is 35.3 Å². The van der Waals surface area contributed by atoms with Gasteiger partial charge in [0.15, 0.2) is 5.96 Å². The molecule has 0 saturated heterocycles. The molecule has 1 aliphatic heterocycles. The minimum absolute atomic E-state index is 0. The fourth-order valence-corrected chi connectivity index (χ4v) is 3.03. The Labute approximate surface area is 150 Å². The molecule has 0 spiro atoms.